The summed E-state index contributed by atoms with van der Waals surface area (Å²) < 4.78 is 19.4. The quantitative estimate of drug-likeness (QED) is 0.720. The van der Waals surface area contributed by atoms with Gasteiger partial charge in [-0.05, 0) is 25.1 Å². The second-order valence-electron chi connectivity index (χ2n) is 5.26. The van der Waals surface area contributed by atoms with Gasteiger partial charge in [0.2, 0.25) is 5.91 Å². The molecule has 0 heterocycles. The smallest absolute Gasteiger partial charge is 0.312 e. The normalized spacial score (nSPS) is 11.4. The van der Waals surface area contributed by atoms with Gasteiger partial charge < -0.3 is 21.1 Å². The molecule has 4 N–H and O–H groups in total. The van der Waals surface area contributed by atoms with Gasteiger partial charge in [0.1, 0.15) is 11.6 Å². The van der Waals surface area contributed by atoms with Crippen molar-refractivity contribution in [1.29, 1.82) is 0 Å². The van der Waals surface area contributed by atoms with Crippen molar-refractivity contribution in [3.63, 3.8) is 0 Å². The first-order valence-electron chi connectivity index (χ1n) is 7.83. The van der Waals surface area contributed by atoms with Crippen LogP contribution in [0.5, 0.6) is 5.75 Å². The highest BCUT2D eigenvalue weighted by Crippen LogP contribution is 2.25. The third-order valence-corrected chi connectivity index (χ3v) is 3.45. The van der Waals surface area contributed by atoms with E-state index in [1.807, 2.05) is 6.92 Å². The van der Waals surface area contributed by atoms with E-state index in [-0.39, 0.29) is 12.0 Å². The van der Waals surface area contributed by atoms with Crippen molar-refractivity contribution in [2.24, 2.45) is 5.73 Å². The molecule has 2 rings (SSSR count). The maximum Gasteiger partial charge on any atom is 0.312 e. The Morgan fingerprint density at radius 2 is 1.84 bits per heavy atom. The molecule has 0 fully saturated rings. The Kier molecular flexibility index (Phi) is 6.33. The summed E-state index contributed by atoms with van der Waals surface area (Å²) in [7, 11) is 0. The first-order valence-corrected chi connectivity index (χ1v) is 7.83. The third-order valence-electron chi connectivity index (χ3n) is 3.45. The number of anilines is 1. The number of carbonyl (C=O) groups is 2. The predicted molar refractivity (Wildman–Crippen MR) is 92.7 cm³/mol. The molecule has 1 unspecified atom stereocenters. The van der Waals surface area contributed by atoms with Crippen LogP contribution in [0.15, 0.2) is 48.5 Å². The molecule has 0 aromatic heterocycles. The lowest BCUT2D eigenvalue weighted by atomic mass is 10.0. The molecule has 25 heavy (non-hydrogen) atoms. The van der Waals surface area contributed by atoms with Crippen LogP contribution in [-0.4, -0.2) is 18.5 Å². The molecule has 0 aliphatic heterocycles. The van der Waals surface area contributed by atoms with E-state index in [0.29, 0.717) is 18.0 Å². The van der Waals surface area contributed by atoms with E-state index in [0.717, 1.165) is 0 Å². The average molecular weight is 345 g/mol. The number of halogens is 1. The number of hydrogen-bond donors (Lipinski definition) is 3. The van der Waals surface area contributed by atoms with Crippen LogP contribution in [-0.2, 0) is 4.79 Å². The molecule has 0 radical (unpaired) electrons. The van der Waals surface area contributed by atoms with Crippen LogP contribution in [0.4, 0.5) is 14.9 Å². The van der Waals surface area contributed by atoms with Gasteiger partial charge in [-0.15, -0.1) is 0 Å². The lowest BCUT2D eigenvalue weighted by Crippen LogP contribution is -2.35. The van der Waals surface area contributed by atoms with Gasteiger partial charge in [0, 0.05) is 5.56 Å². The number of para-hydroxylation sites is 2. The number of primary amides is 1. The van der Waals surface area contributed by atoms with Crippen molar-refractivity contribution in [2.45, 2.75) is 19.4 Å². The first kappa shape index (κ1) is 18.3. The molecule has 2 aromatic rings. The summed E-state index contributed by atoms with van der Waals surface area (Å²) in [5, 5.41) is 5.11. The minimum absolute atomic E-state index is 0.176. The fourth-order valence-electron chi connectivity index (χ4n) is 2.41. The molecule has 1 atom stereocenters. The van der Waals surface area contributed by atoms with Crippen molar-refractivity contribution in [3.05, 3.63) is 59.9 Å². The highest BCUT2D eigenvalue weighted by molar-refractivity contribution is 5.93. The molecule has 7 heteroatoms. The first-order chi connectivity index (χ1) is 12.0. The Hall–Kier alpha value is -3.09. The Bertz CT molecular complexity index is 752. The molecule has 0 aliphatic rings. The fraction of sp³-hybridized carbons (Fsp3) is 0.222. The second-order valence-corrected chi connectivity index (χ2v) is 5.26. The Morgan fingerprint density at radius 1 is 1.16 bits per heavy atom. The van der Waals surface area contributed by atoms with Crippen LogP contribution >= 0.6 is 0 Å². The molecule has 0 spiro atoms. The van der Waals surface area contributed by atoms with Crippen molar-refractivity contribution >= 4 is 17.6 Å². The number of nitrogens with two attached hydrogens (primary N) is 1. The number of carbonyl (C=O) groups excluding carboxylic acids is 2. The summed E-state index contributed by atoms with van der Waals surface area (Å²) in [6.07, 6.45) is -0.176. The summed E-state index contributed by atoms with van der Waals surface area (Å²) in [6, 6.07) is 11.2. The SMILES string of the molecule is CCOc1ccccc1NC(=O)CC(NC(N)=O)c1ccccc1F. The topological polar surface area (TPSA) is 93.4 Å². The highest BCUT2D eigenvalue weighted by atomic mass is 19.1. The summed E-state index contributed by atoms with van der Waals surface area (Å²) in [5.41, 5.74) is 5.84. The molecule has 0 saturated heterocycles. The van der Waals surface area contributed by atoms with Gasteiger partial charge in [0.05, 0.1) is 24.8 Å². The van der Waals surface area contributed by atoms with E-state index in [9.17, 15) is 14.0 Å². The lowest BCUT2D eigenvalue weighted by molar-refractivity contribution is -0.116. The number of amides is 3. The zero-order valence-electron chi connectivity index (χ0n) is 13.8. The van der Waals surface area contributed by atoms with E-state index in [1.165, 1.54) is 18.2 Å². The van der Waals surface area contributed by atoms with Crippen molar-refractivity contribution in [1.82, 2.24) is 5.32 Å². The molecule has 132 valence electrons. The van der Waals surface area contributed by atoms with Gasteiger partial charge in [-0.2, -0.15) is 0 Å². The van der Waals surface area contributed by atoms with Gasteiger partial charge in [0.25, 0.3) is 0 Å². The molecule has 0 saturated carbocycles. The summed E-state index contributed by atoms with van der Waals surface area (Å²) in [5.74, 6) is -0.401. The molecule has 6 nitrogen and oxygen atoms in total. The van der Waals surface area contributed by atoms with Crippen LogP contribution in [0.2, 0.25) is 0 Å². The second kappa shape index (κ2) is 8.68. The van der Waals surface area contributed by atoms with Crippen LogP contribution in [0.3, 0.4) is 0 Å². The molecule has 3 amide bonds. The minimum Gasteiger partial charge on any atom is -0.492 e. The molecule has 0 aliphatic carbocycles. The van der Waals surface area contributed by atoms with Crippen LogP contribution in [0, 0.1) is 5.82 Å². The number of benzene rings is 2. The maximum atomic E-state index is 14.0. The van der Waals surface area contributed by atoms with Crippen LogP contribution < -0.4 is 21.1 Å². The summed E-state index contributed by atoms with van der Waals surface area (Å²) >= 11 is 0. The van der Waals surface area contributed by atoms with Crippen LogP contribution in [0.1, 0.15) is 24.9 Å². The Balaban J connectivity index is 2.15. The molecular weight excluding hydrogens is 325 g/mol. The number of ether oxygens (including phenoxy) is 1. The summed E-state index contributed by atoms with van der Waals surface area (Å²) in [6.45, 7) is 2.29. The molecular formula is C18H20FN3O3. The summed E-state index contributed by atoms with van der Waals surface area (Å²) in [4.78, 5) is 23.6. The van der Waals surface area contributed by atoms with Crippen molar-refractivity contribution in [2.75, 3.05) is 11.9 Å². The number of urea groups is 1. The largest absolute Gasteiger partial charge is 0.492 e. The van der Waals surface area contributed by atoms with Crippen LogP contribution in [0.25, 0.3) is 0 Å². The predicted octanol–water partition coefficient (Wildman–Crippen LogP) is 2.96. The van der Waals surface area contributed by atoms with E-state index in [2.05, 4.69) is 10.6 Å². The van der Waals surface area contributed by atoms with Crippen molar-refractivity contribution < 1.29 is 18.7 Å². The average Bonchev–Trinajstić information content (AvgIpc) is 2.56. The van der Waals surface area contributed by atoms with E-state index >= 15 is 0 Å². The Morgan fingerprint density at radius 3 is 2.52 bits per heavy atom. The van der Waals surface area contributed by atoms with Gasteiger partial charge in [-0.25, -0.2) is 9.18 Å². The number of nitrogens with one attached hydrogen (secondary N) is 2. The third kappa shape index (κ3) is 5.20. The number of hydrogen-bond acceptors (Lipinski definition) is 3. The van der Waals surface area contributed by atoms with Gasteiger partial charge in [0.15, 0.2) is 0 Å². The van der Waals surface area contributed by atoms with Gasteiger partial charge in [-0.3, -0.25) is 4.79 Å². The standard InChI is InChI=1S/C18H20FN3O3/c1-2-25-16-10-6-5-9-14(16)21-17(23)11-15(22-18(20)24)12-7-3-4-8-13(12)19/h3-10,15H,2,11H2,1H3,(H,21,23)(H3,20,22,24). The number of rotatable bonds is 7. The van der Waals surface area contributed by atoms with E-state index < -0.39 is 23.8 Å². The Labute approximate surface area is 145 Å². The molecule has 2 aromatic carbocycles. The highest BCUT2D eigenvalue weighted by Gasteiger charge is 2.21. The monoisotopic (exact) mass is 345 g/mol. The van der Waals surface area contributed by atoms with E-state index in [1.54, 1.807) is 30.3 Å². The zero-order valence-corrected chi connectivity index (χ0v) is 13.8. The maximum absolute atomic E-state index is 14.0. The zero-order chi connectivity index (χ0) is 18.2. The van der Waals surface area contributed by atoms with E-state index in [4.69, 9.17) is 10.5 Å². The molecule has 0 bridgehead atoms. The van der Waals surface area contributed by atoms with Crippen molar-refractivity contribution in [3.8, 4) is 5.75 Å². The van der Waals surface area contributed by atoms with Gasteiger partial charge in [-0.1, -0.05) is 30.3 Å². The lowest BCUT2D eigenvalue weighted by Gasteiger charge is -2.19. The minimum atomic E-state index is -0.877. The van der Waals surface area contributed by atoms with Gasteiger partial charge >= 0.3 is 6.03 Å². The fourth-order valence-corrected chi connectivity index (χ4v) is 2.41.